The number of aromatic nitrogens is 1. The van der Waals surface area contributed by atoms with Crippen molar-refractivity contribution in [2.75, 3.05) is 14.2 Å². The number of carbonyl (C=O) groups excluding carboxylic acids is 2. The van der Waals surface area contributed by atoms with Crippen LogP contribution in [0.1, 0.15) is 56.0 Å². The molecule has 0 atom stereocenters. The highest BCUT2D eigenvalue weighted by molar-refractivity contribution is 6.16. The highest BCUT2D eigenvalue weighted by Crippen LogP contribution is 2.37. The van der Waals surface area contributed by atoms with Gasteiger partial charge in [0.25, 0.3) is 5.91 Å². The van der Waals surface area contributed by atoms with Gasteiger partial charge in [0.2, 0.25) is 0 Å². The van der Waals surface area contributed by atoms with Crippen molar-refractivity contribution in [3.8, 4) is 11.4 Å². The van der Waals surface area contributed by atoms with Crippen LogP contribution in [0, 0.1) is 13.8 Å². The number of carbonyl (C=O) groups is 2. The summed E-state index contributed by atoms with van der Waals surface area (Å²) in [6.45, 7) is 5.92. The normalized spacial score (nSPS) is 18.4. The number of nitrogens with zero attached hydrogens (tertiary/aromatic N) is 2. The van der Waals surface area contributed by atoms with Crippen molar-refractivity contribution in [3.05, 3.63) is 64.1 Å². The molecule has 1 aliphatic carbocycles. The smallest absolute Gasteiger partial charge is 0.340 e. The number of allylic oxidation sites excluding steroid dienone is 1. The largest absolute Gasteiger partial charge is 0.497 e. The number of methoxy groups -OCH3 is 2. The van der Waals surface area contributed by atoms with E-state index in [4.69, 9.17) is 9.47 Å². The van der Waals surface area contributed by atoms with Crippen LogP contribution in [0.25, 0.3) is 11.8 Å². The molecule has 0 bridgehead atoms. The fourth-order valence-electron chi connectivity index (χ4n) is 5.19. The third kappa shape index (κ3) is 4.10. The minimum absolute atomic E-state index is 0.103. The molecule has 2 aromatic rings. The van der Waals surface area contributed by atoms with Gasteiger partial charge in [-0.1, -0.05) is 19.3 Å². The highest BCUT2D eigenvalue weighted by Gasteiger charge is 2.40. The molecule has 0 spiro atoms. The molecule has 33 heavy (non-hydrogen) atoms. The van der Waals surface area contributed by atoms with Crippen LogP contribution in [0.5, 0.6) is 5.75 Å². The van der Waals surface area contributed by atoms with Gasteiger partial charge in [0, 0.05) is 28.8 Å². The summed E-state index contributed by atoms with van der Waals surface area (Å²) in [5, 5.41) is 0. The van der Waals surface area contributed by atoms with Crippen molar-refractivity contribution in [2.24, 2.45) is 0 Å². The minimum Gasteiger partial charge on any atom is -0.497 e. The second-order valence-corrected chi connectivity index (χ2v) is 8.84. The molecule has 0 saturated heterocycles. The Morgan fingerprint density at radius 3 is 2.30 bits per heavy atom. The number of benzene rings is 1. The van der Waals surface area contributed by atoms with Crippen molar-refractivity contribution >= 4 is 18.0 Å². The van der Waals surface area contributed by atoms with Crippen LogP contribution in [0.4, 0.5) is 0 Å². The van der Waals surface area contributed by atoms with Crippen LogP contribution in [0.15, 0.2) is 47.2 Å². The lowest BCUT2D eigenvalue weighted by Crippen LogP contribution is -2.37. The van der Waals surface area contributed by atoms with Gasteiger partial charge >= 0.3 is 5.97 Å². The van der Waals surface area contributed by atoms with E-state index in [1.165, 1.54) is 13.5 Å². The monoisotopic (exact) mass is 448 g/mol. The first-order valence-corrected chi connectivity index (χ1v) is 11.6. The molecule has 1 aliphatic heterocycles. The molecule has 1 fully saturated rings. The van der Waals surface area contributed by atoms with Gasteiger partial charge in [-0.05, 0) is 75.6 Å². The van der Waals surface area contributed by atoms with Crippen molar-refractivity contribution in [1.82, 2.24) is 9.47 Å². The summed E-state index contributed by atoms with van der Waals surface area (Å²) >= 11 is 0. The summed E-state index contributed by atoms with van der Waals surface area (Å²) < 4.78 is 12.5. The second kappa shape index (κ2) is 9.30. The third-order valence-electron chi connectivity index (χ3n) is 6.87. The maximum Gasteiger partial charge on any atom is 0.340 e. The summed E-state index contributed by atoms with van der Waals surface area (Å²) in [7, 11) is 3.01. The number of esters is 1. The topological polar surface area (TPSA) is 60.8 Å². The quantitative estimate of drug-likeness (QED) is 0.471. The molecule has 1 aromatic carbocycles. The Labute approximate surface area is 195 Å². The molecule has 1 amide bonds. The van der Waals surface area contributed by atoms with E-state index in [0.29, 0.717) is 16.8 Å². The van der Waals surface area contributed by atoms with Crippen molar-refractivity contribution in [2.45, 2.75) is 58.9 Å². The van der Waals surface area contributed by atoms with E-state index < -0.39 is 5.97 Å². The fourth-order valence-corrected chi connectivity index (χ4v) is 5.19. The highest BCUT2D eigenvalue weighted by atomic mass is 16.5. The molecular formula is C27H32N2O4. The first-order valence-electron chi connectivity index (χ1n) is 11.6. The van der Waals surface area contributed by atoms with Gasteiger partial charge in [-0.2, -0.15) is 0 Å². The van der Waals surface area contributed by atoms with E-state index in [-0.39, 0.29) is 11.9 Å². The summed E-state index contributed by atoms with van der Waals surface area (Å²) in [5.41, 5.74) is 5.45. The Morgan fingerprint density at radius 2 is 1.70 bits per heavy atom. The van der Waals surface area contributed by atoms with E-state index in [0.717, 1.165) is 54.1 Å². The number of aryl methyl sites for hydroxylation is 1. The lowest BCUT2D eigenvalue weighted by molar-refractivity contribution is -0.136. The first kappa shape index (κ1) is 22.9. The van der Waals surface area contributed by atoms with Crippen LogP contribution in [0.3, 0.4) is 0 Å². The Balaban J connectivity index is 1.77. The number of hydrogen-bond acceptors (Lipinski definition) is 4. The molecule has 0 radical (unpaired) electrons. The fraction of sp³-hybridized carbons (Fsp3) is 0.407. The van der Waals surface area contributed by atoms with E-state index in [1.807, 2.05) is 62.1 Å². The summed E-state index contributed by atoms with van der Waals surface area (Å²) in [5.74, 6) is 0.231. The minimum atomic E-state index is -0.464. The van der Waals surface area contributed by atoms with Crippen LogP contribution in [-0.4, -0.2) is 41.6 Å². The molecule has 1 aromatic heterocycles. The predicted molar refractivity (Wildman–Crippen MR) is 128 cm³/mol. The Kier molecular flexibility index (Phi) is 6.45. The maximum absolute atomic E-state index is 13.6. The van der Waals surface area contributed by atoms with Crippen molar-refractivity contribution in [1.29, 1.82) is 0 Å². The Hall–Kier alpha value is -3.28. The van der Waals surface area contributed by atoms with Crippen molar-refractivity contribution < 1.29 is 19.1 Å². The zero-order valence-corrected chi connectivity index (χ0v) is 20.1. The number of amides is 1. The van der Waals surface area contributed by atoms with Crippen LogP contribution in [-0.2, 0) is 14.3 Å². The summed E-state index contributed by atoms with van der Waals surface area (Å²) in [6.07, 6.45) is 7.21. The third-order valence-corrected chi connectivity index (χ3v) is 6.87. The number of ether oxygens (including phenoxy) is 2. The Bertz CT molecular complexity index is 1130. The predicted octanol–water partition coefficient (Wildman–Crippen LogP) is 5.11. The second-order valence-electron chi connectivity index (χ2n) is 8.84. The molecule has 6 heteroatoms. The standard InChI is InChI=1S/C27H32N2O4/c1-17-15-20(18(2)28(17)22-11-13-23(32-4)14-12-22)16-24-25(27(31)33-5)19(3)29(26(24)30)21-9-7-6-8-10-21/h11-16,21H,6-10H2,1-5H3. The molecule has 2 aliphatic rings. The number of rotatable bonds is 5. The number of hydrogen-bond donors (Lipinski definition) is 0. The van der Waals surface area contributed by atoms with Crippen molar-refractivity contribution in [3.63, 3.8) is 0 Å². The molecule has 0 N–H and O–H groups in total. The van der Waals surface area contributed by atoms with Gasteiger partial charge < -0.3 is 18.9 Å². The molecule has 4 rings (SSSR count). The van der Waals surface area contributed by atoms with Gasteiger partial charge in [0.05, 0.1) is 25.4 Å². The van der Waals surface area contributed by atoms with E-state index >= 15 is 0 Å². The zero-order valence-electron chi connectivity index (χ0n) is 20.1. The SMILES string of the molecule is COC(=O)C1=C(C)N(C2CCCCC2)C(=O)C1=Cc1cc(C)n(-c2ccc(OC)cc2)c1C. The lowest BCUT2D eigenvalue weighted by atomic mass is 9.94. The summed E-state index contributed by atoms with van der Waals surface area (Å²) in [4.78, 5) is 28.1. The average molecular weight is 449 g/mol. The maximum atomic E-state index is 13.6. The van der Waals surface area contributed by atoms with Gasteiger partial charge in [0.15, 0.2) is 0 Å². The molecular weight excluding hydrogens is 416 g/mol. The Morgan fingerprint density at radius 1 is 1.03 bits per heavy atom. The lowest BCUT2D eigenvalue weighted by Gasteiger charge is -2.32. The molecule has 6 nitrogen and oxygen atoms in total. The molecule has 2 heterocycles. The van der Waals surface area contributed by atoms with Crippen LogP contribution >= 0.6 is 0 Å². The van der Waals surface area contributed by atoms with Gasteiger partial charge in [-0.3, -0.25) is 4.79 Å². The molecule has 0 unspecified atom stereocenters. The zero-order chi connectivity index (χ0) is 23.7. The summed E-state index contributed by atoms with van der Waals surface area (Å²) in [6, 6.07) is 10.1. The van der Waals surface area contributed by atoms with Gasteiger partial charge in [-0.25, -0.2) is 4.79 Å². The van der Waals surface area contributed by atoms with E-state index in [1.54, 1.807) is 7.11 Å². The molecule has 174 valence electrons. The van der Waals surface area contributed by atoms with E-state index in [9.17, 15) is 9.59 Å². The van der Waals surface area contributed by atoms with Crippen LogP contribution < -0.4 is 4.74 Å². The first-order chi connectivity index (χ1) is 15.9. The average Bonchev–Trinajstić information content (AvgIpc) is 3.25. The molecule has 1 saturated carbocycles. The van der Waals surface area contributed by atoms with Gasteiger partial charge in [-0.15, -0.1) is 0 Å². The van der Waals surface area contributed by atoms with Crippen LogP contribution in [0.2, 0.25) is 0 Å². The van der Waals surface area contributed by atoms with E-state index in [2.05, 4.69) is 4.57 Å². The van der Waals surface area contributed by atoms with Gasteiger partial charge in [0.1, 0.15) is 5.75 Å².